The second-order valence-electron chi connectivity index (χ2n) is 4.53. The molecular formula is C15H16N4O. The molecule has 5 nitrogen and oxygen atoms in total. The highest BCUT2D eigenvalue weighted by Gasteiger charge is 2.04. The molecule has 5 heteroatoms. The fourth-order valence-corrected chi connectivity index (χ4v) is 2.06. The number of benzene rings is 1. The standard InChI is InChI=1S/C15H16N4O/c1-2-19-7-6-12(10-19)9-16-14-5-3-4-13(8-14)15-18-17-11-20-15/h3-8,10-11,16H,2,9H2,1H3. The number of anilines is 1. The smallest absolute Gasteiger partial charge is 0.247 e. The highest BCUT2D eigenvalue weighted by atomic mass is 16.4. The van der Waals surface area contributed by atoms with Crippen LogP contribution in [-0.4, -0.2) is 14.8 Å². The number of aryl methyl sites for hydroxylation is 1. The molecule has 0 saturated carbocycles. The van der Waals surface area contributed by atoms with Crippen molar-refractivity contribution in [2.45, 2.75) is 20.0 Å². The highest BCUT2D eigenvalue weighted by molar-refractivity contribution is 5.60. The lowest BCUT2D eigenvalue weighted by atomic mass is 10.2. The van der Waals surface area contributed by atoms with Gasteiger partial charge in [-0.2, -0.15) is 0 Å². The first kappa shape index (κ1) is 12.5. The van der Waals surface area contributed by atoms with E-state index in [-0.39, 0.29) is 0 Å². The largest absolute Gasteiger partial charge is 0.423 e. The molecule has 3 aromatic rings. The van der Waals surface area contributed by atoms with Crippen molar-refractivity contribution in [2.75, 3.05) is 5.32 Å². The molecule has 0 spiro atoms. The quantitative estimate of drug-likeness (QED) is 0.772. The predicted molar refractivity (Wildman–Crippen MR) is 77.2 cm³/mol. The molecule has 0 bridgehead atoms. The van der Waals surface area contributed by atoms with Crippen molar-refractivity contribution in [3.05, 3.63) is 54.7 Å². The second kappa shape index (κ2) is 5.61. The van der Waals surface area contributed by atoms with Gasteiger partial charge in [0.2, 0.25) is 12.3 Å². The van der Waals surface area contributed by atoms with E-state index in [0.29, 0.717) is 5.89 Å². The minimum absolute atomic E-state index is 0.533. The summed E-state index contributed by atoms with van der Waals surface area (Å²) in [4.78, 5) is 0. The van der Waals surface area contributed by atoms with E-state index in [2.05, 4.69) is 45.5 Å². The number of rotatable bonds is 5. The normalized spacial score (nSPS) is 10.7. The molecule has 0 aliphatic heterocycles. The van der Waals surface area contributed by atoms with Gasteiger partial charge in [0.25, 0.3) is 0 Å². The molecule has 3 rings (SSSR count). The monoisotopic (exact) mass is 268 g/mol. The van der Waals surface area contributed by atoms with Gasteiger partial charge in [-0.15, -0.1) is 10.2 Å². The number of nitrogens with zero attached hydrogens (tertiary/aromatic N) is 3. The molecule has 0 amide bonds. The number of hydrogen-bond acceptors (Lipinski definition) is 4. The average Bonchev–Trinajstić information content (AvgIpc) is 3.17. The zero-order chi connectivity index (χ0) is 13.8. The van der Waals surface area contributed by atoms with Crippen molar-refractivity contribution in [1.82, 2.24) is 14.8 Å². The summed E-state index contributed by atoms with van der Waals surface area (Å²) < 4.78 is 7.36. The molecule has 20 heavy (non-hydrogen) atoms. The Balaban J connectivity index is 1.70. The Kier molecular flexibility index (Phi) is 3.50. The molecule has 2 heterocycles. The van der Waals surface area contributed by atoms with Crippen LogP contribution in [-0.2, 0) is 13.1 Å². The SMILES string of the molecule is CCn1ccc(CNc2cccc(-c3nnco3)c2)c1. The van der Waals surface area contributed by atoms with E-state index >= 15 is 0 Å². The van der Waals surface area contributed by atoms with Crippen LogP contribution in [0.1, 0.15) is 12.5 Å². The Labute approximate surface area is 117 Å². The third-order valence-electron chi connectivity index (χ3n) is 3.14. The summed E-state index contributed by atoms with van der Waals surface area (Å²) >= 11 is 0. The van der Waals surface area contributed by atoms with Crippen LogP contribution < -0.4 is 5.32 Å². The molecule has 0 fully saturated rings. The zero-order valence-electron chi connectivity index (χ0n) is 11.3. The van der Waals surface area contributed by atoms with Gasteiger partial charge >= 0.3 is 0 Å². The summed E-state index contributed by atoms with van der Waals surface area (Å²) in [5.41, 5.74) is 3.21. The third kappa shape index (κ3) is 2.71. The van der Waals surface area contributed by atoms with Crippen LogP contribution in [0.5, 0.6) is 0 Å². The Morgan fingerprint density at radius 2 is 2.25 bits per heavy atom. The molecule has 0 aliphatic rings. The van der Waals surface area contributed by atoms with Gasteiger partial charge in [-0.3, -0.25) is 0 Å². The van der Waals surface area contributed by atoms with Gasteiger partial charge in [-0.25, -0.2) is 0 Å². The van der Waals surface area contributed by atoms with E-state index in [1.54, 1.807) is 0 Å². The average molecular weight is 268 g/mol. The van der Waals surface area contributed by atoms with Crippen LogP contribution in [0, 0.1) is 0 Å². The van der Waals surface area contributed by atoms with Crippen molar-refractivity contribution < 1.29 is 4.42 Å². The summed E-state index contributed by atoms with van der Waals surface area (Å²) in [5.74, 6) is 0.533. The van der Waals surface area contributed by atoms with Crippen molar-refractivity contribution in [2.24, 2.45) is 0 Å². The lowest BCUT2D eigenvalue weighted by molar-refractivity contribution is 0.568. The highest BCUT2D eigenvalue weighted by Crippen LogP contribution is 2.20. The zero-order valence-corrected chi connectivity index (χ0v) is 11.3. The van der Waals surface area contributed by atoms with Crippen LogP contribution in [0.15, 0.2) is 53.5 Å². The third-order valence-corrected chi connectivity index (χ3v) is 3.14. The minimum Gasteiger partial charge on any atom is -0.423 e. The topological polar surface area (TPSA) is 55.9 Å². The first-order valence-corrected chi connectivity index (χ1v) is 6.60. The van der Waals surface area contributed by atoms with Crippen LogP contribution in [0.3, 0.4) is 0 Å². The lowest BCUT2D eigenvalue weighted by Gasteiger charge is -2.06. The van der Waals surface area contributed by atoms with Crippen molar-refractivity contribution in [3.63, 3.8) is 0 Å². The van der Waals surface area contributed by atoms with Crippen LogP contribution in [0.25, 0.3) is 11.5 Å². The predicted octanol–water partition coefficient (Wildman–Crippen LogP) is 3.17. The summed E-state index contributed by atoms with van der Waals surface area (Å²) in [5, 5.41) is 11.0. The van der Waals surface area contributed by atoms with E-state index in [4.69, 9.17) is 4.42 Å². The first-order chi connectivity index (χ1) is 9.85. The molecule has 1 N–H and O–H groups in total. The number of hydrogen-bond donors (Lipinski definition) is 1. The molecule has 102 valence electrons. The van der Waals surface area contributed by atoms with E-state index < -0.39 is 0 Å². The second-order valence-corrected chi connectivity index (χ2v) is 4.53. The Bertz CT molecular complexity index is 673. The van der Waals surface area contributed by atoms with E-state index in [1.165, 1.54) is 12.0 Å². The maximum atomic E-state index is 5.20. The van der Waals surface area contributed by atoms with Crippen LogP contribution >= 0.6 is 0 Å². The van der Waals surface area contributed by atoms with Gasteiger partial charge < -0.3 is 14.3 Å². The Hall–Kier alpha value is -2.56. The molecule has 2 aromatic heterocycles. The van der Waals surface area contributed by atoms with E-state index in [9.17, 15) is 0 Å². The van der Waals surface area contributed by atoms with Gasteiger partial charge in [0, 0.05) is 36.7 Å². The van der Waals surface area contributed by atoms with Gasteiger partial charge in [-0.05, 0) is 36.8 Å². The van der Waals surface area contributed by atoms with Gasteiger partial charge in [-0.1, -0.05) is 6.07 Å². The fourth-order valence-electron chi connectivity index (χ4n) is 2.06. The molecular weight excluding hydrogens is 252 g/mol. The maximum Gasteiger partial charge on any atom is 0.247 e. The fraction of sp³-hybridized carbons (Fsp3) is 0.200. The Morgan fingerprint density at radius 1 is 1.30 bits per heavy atom. The first-order valence-electron chi connectivity index (χ1n) is 6.60. The van der Waals surface area contributed by atoms with Crippen molar-refractivity contribution in [1.29, 1.82) is 0 Å². The van der Waals surface area contributed by atoms with Crippen molar-refractivity contribution in [3.8, 4) is 11.5 Å². The van der Waals surface area contributed by atoms with Crippen LogP contribution in [0.4, 0.5) is 5.69 Å². The minimum atomic E-state index is 0.533. The summed E-state index contributed by atoms with van der Waals surface area (Å²) in [6.07, 6.45) is 5.57. The number of aromatic nitrogens is 3. The molecule has 0 atom stereocenters. The van der Waals surface area contributed by atoms with Gasteiger partial charge in [0.05, 0.1) is 0 Å². The van der Waals surface area contributed by atoms with Gasteiger partial charge in [0.15, 0.2) is 0 Å². The molecule has 0 radical (unpaired) electrons. The van der Waals surface area contributed by atoms with E-state index in [0.717, 1.165) is 24.3 Å². The van der Waals surface area contributed by atoms with Crippen molar-refractivity contribution >= 4 is 5.69 Å². The summed E-state index contributed by atoms with van der Waals surface area (Å²) in [6.45, 7) is 3.91. The van der Waals surface area contributed by atoms with Gasteiger partial charge in [0.1, 0.15) is 0 Å². The molecule has 0 saturated heterocycles. The number of nitrogens with one attached hydrogen (secondary N) is 1. The molecule has 0 aliphatic carbocycles. The molecule has 1 aromatic carbocycles. The maximum absolute atomic E-state index is 5.20. The summed E-state index contributed by atoms with van der Waals surface area (Å²) in [6, 6.07) is 10.1. The Morgan fingerprint density at radius 3 is 3.00 bits per heavy atom. The summed E-state index contributed by atoms with van der Waals surface area (Å²) in [7, 11) is 0. The van der Waals surface area contributed by atoms with E-state index in [1.807, 2.05) is 24.3 Å². The molecule has 0 unspecified atom stereocenters. The van der Waals surface area contributed by atoms with Crippen LogP contribution in [0.2, 0.25) is 0 Å². The lowest BCUT2D eigenvalue weighted by Crippen LogP contribution is -1.98.